The molecule has 2 atom stereocenters. The fraction of sp³-hybridized carbons (Fsp3) is 0.250. The van der Waals surface area contributed by atoms with Crippen molar-refractivity contribution in [2.45, 2.75) is 44.6 Å². The number of nitrogens with one attached hydrogen (secondary N) is 1. The predicted molar refractivity (Wildman–Crippen MR) is 198 cm³/mol. The van der Waals surface area contributed by atoms with E-state index in [4.69, 9.17) is 18.8 Å². The molecule has 0 fully saturated rings. The summed E-state index contributed by atoms with van der Waals surface area (Å²) in [5.74, 6) is -2.14. The number of pyridine rings is 1. The lowest BCUT2D eigenvalue weighted by Gasteiger charge is -2.24. The number of nitrogens with two attached hydrogens (primary N) is 1. The average molecular weight is 765 g/mol. The molecular weight excluding hydrogens is 728 g/mol. The number of halogens is 1. The Labute approximate surface area is 309 Å². The fourth-order valence-electron chi connectivity index (χ4n) is 4.92. The van der Waals surface area contributed by atoms with Gasteiger partial charge in [-0.1, -0.05) is 45.0 Å². The van der Waals surface area contributed by atoms with Gasteiger partial charge >= 0.3 is 12.1 Å². The zero-order valence-corrected chi connectivity index (χ0v) is 31.2. The minimum atomic E-state index is -3.64. The summed E-state index contributed by atoms with van der Waals surface area (Å²) in [5, 5.41) is 7.37. The van der Waals surface area contributed by atoms with Crippen LogP contribution in [0.3, 0.4) is 0 Å². The van der Waals surface area contributed by atoms with Crippen molar-refractivity contribution in [2.24, 2.45) is 11.1 Å². The third-order valence-electron chi connectivity index (χ3n) is 8.18. The molecule has 17 heteroatoms. The van der Waals surface area contributed by atoms with Gasteiger partial charge in [0.1, 0.15) is 17.6 Å². The number of fused-ring (bicyclic) bond motifs is 1. The molecule has 5 rings (SSSR count). The minimum absolute atomic E-state index is 0.0135. The largest absolute Gasteiger partial charge is 0.495 e. The van der Waals surface area contributed by atoms with Crippen LogP contribution in [0.1, 0.15) is 39.2 Å². The van der Waals surface area contributed by atoms with Crippen LogP contribution in [0.15, 0.2) is 90.0 Å². The number of carbonyl (C=O) groups excluding carboxylic acids is 3. The van der Waals surface area contributed by atoms with E-state index in [1.54, 1.807) is 82.4 Å². The number of aromatic nitrogens is 3. The molecule has 2 heterocycles. The highest BCUT2D eigenvalue weighted by Crippen LogP contribution is 2.36. The van der Waals surface area contributed by atoms with E-state index in [0.29, 0.717) is 22.5 Å². The molecule has 278 valence electrons. The van der Waals surface area contributed by atoms with Crippen molar-refractivity contribution in [1.82, 2.24) is 14.6 Å². The topological polar surface area (TPSA) is 185 Å². The van der Waals surface area contributed by atoms with Gasteiger partial charge in [0.2, 0.25) is 5.91 Å². The van der Waals surface area contributed by atoms with Gasteiger partial charge in [0.05, 0.1) is 23.6 Å². The predicted octanol–water partition coefficient (Wildman–Crippen LogP) is 6.44. The van der Waals surface area contributed by atoms with E-state index in [1.165, 1.54) is 42.0 Å². The van der Waals surface area contributed by atoms with Crippen molar-refractivity contribution < 1.29 is 40.3 Å². The van der Waals surface area contributed by atoms with Gasteiger partial charge in [0, 0.05) is 29.8 Å². The second-order valence-corrected chi connectivity index (χ2v) is 15.6. The Hall–Kier alpha value is -5.52. The van der Waals surface area contributed by atoms with Crippen molar-refractivity contribution in [3.8, 4) is 16.9 Å². The SMILES string of the molecule is COc1cc(S(C)(=O)=O)ccc1N(C(=O)OSOC(=O)[C@@H](N)C(C)(C)C)c1nc2ccc(-c3ccc(NC(=O)[C@H](C)c4ccc(F)cc4)cc3)cn2n1. The number of nitrogens with zero attached hydrogens (tertiary/aromatic N) is 4. The van der Waals surface area contributed by atoms with Crippen molar-refractivity contribution in [3.63, 3.8) is 0 Å². The van der Waals surface area contributed by atoms with Gasteiger partial charge in [0.25, 0.3) is 18.3 Å². The third-order valence-corrected chi connectivity index (χ3v) is 9.73. The van der Waals surface area contributed by atoms with Crippen LogP contribution in [0.2, 0.25) is 0 Å². The molecule has 0 aliphatic rings. The zero-order chi connectivity index (χ0) is 38.7. The maximum atomic E-state index is 13.6. The lowest BCUT2D eigenvalue weighted by Crippen LogP contribution is -2.42. The van der Waals surface area contributed by atoms with Crippen LogP contribution in [-0.4, -0.2) is 60.4 Å². The highest BCUT2D eigenvalue weighted by molar-refractivity contribution is 7.91. The maximum Gasteiger partial charge on any atom is 0.436 e. The molecule has 0 aliphatic carbocycles. The molecule has 5 aromatic rings. The normalized spacial score (nSPS) is 12.8. The zero-order valence-electron chi connectivity index (χ0n) is 29.6. The first-order valence-corrected chi connectivity index (χ1v) is 18.6. The van der Waals surface area contributed by atoms with E-state index >= 15 is 0 Å². The quantitative estimate of drug-likeness (QED) is 0.141. The molecule has 0 radical (unpaired) electrons. The first-order chi connectivity index (χ1) is 25.0. The number of benzene rings is 3. The summed E-state index contributed by atoms with van der Waals surface area (Å²) < 4.78 is 54.9. The number of anilines is 3. The number of hydrogen-bond donors (Lipinski definition) is 2. The number of rotatable bonds is 11. The van der Waals surface area contributed by atoms with Crippen molar-refractivity contribution in [1.29, 1.82) is 0 Å². The molecule has 0 spiro atoms. The highest BCUT2D eigenvalue weighted by atomic mass is 32.2. The molecule has 53 heavy (non-hydrogen) atoms. The fourth-order valence-corrected chi connectivity index (χ4v) is 5.89. The monoisotopic (exact) mass is 764 g/mol. The van der Waals surface area contributed by atoms with Gasteiger partial charge in [-0.3, -0.25) is 4.79 Å². The van der Waals surface area contributed by atoms with Crippen molar-refractivity contribution >= 4 is 63.1 Å². The van der Waals surface area contributed by atoms with E-state index in [2.05, 4.69) is 15.4 Å². The lowest BCUT2D eigenvalue weighted by atomic mass is 9.88. The Morgan fingerprint density at radius 1 is 0.962 bits per heavy atom. The van der Waals surface area contributed by atoms with E-state index < -0.39 is 39.3 Å². The van der Waals surface area contributed by atoms with Crippen LogP contribution in [0.25, 0.3) is 16.8 Å². The number of ether oxygens (including phenoxy) is 1. The summed E-state index contributed by atoms with van der Waals surface area (Å²) in [6, 6.07) is 19.2. The summed E-state index contributed by atoms with van der Waals surface area (Å²) in [5.41, 5.74) is 8.42. The maximum absolute atomic E-state index is 13.6. The van der Waals surface area contributed by atoms with Gasteiger partial charge in [0.15, 0.2) is 15.5 Å². The van der Waals surface area contributed by atoms with Crippen LogP contribution in [0.5, 0.6) is 5.75 Å². The molecule has 0 unspecified atom stereocenters. The molecule has 3 aromatic carbocycles. The van der Waals surface area contributed by atoms with Crippen molar-refractivity contribution in [3.05, 3.63) is 96.4 Å². The van der Waals surface area contributed by atoms with Gasteiger partial charge in [-0.15, -0.1) is 5.10 Å². The van der Waals surface area contributed by atoms with Crippen LogP contribution >= 0.6 is 12.3 Å². The molecule has 3 N–H and O–H groups in total. The Bertz CT molecular complexity index is 2260. The Balaban J connectivity index is 1.41. The van der Waals surface area contributed by atoms with Crippen LogP contribution < -0.4 is 20.7 Å². The van der Waals surface area contributed by atoms with E-state index in [9.17, 15) is 27.2 Å². The number of hydrogen-bond acceptors (Lipinski definition) is 12. The van der Waals surface area contributed by atoms with Gasteiger partial charge in [-0.25, -0.2) is 31.8 Å². The lowest BCUT2D eigenvalue weighted by molar-refractivity contribution is -0.137. The molecule has 2 aromatic heterocycles. The van der Waals surface area contributed by atoms with Gasteiger partial charge < -0.3 is 24.2 Å². The Morgan fingerprint density at radius 3 is 2.25 bits per heavy atom. The standard InChI is InChI=1S/C36H37FN6O8S2/c1-21(22-7-12-25(37)13-8-22)32(44)39-26-14-9-23(10-15-26)24-11-18-30-40-34(41-42(30)20-24)43(28-17-16-27(53(6,47)48)19-29(28)49-5)35(46)51-52-50-33(45)31(38)36(2,3)4/h7-21,31H,38H2,1-6H3,(H,39,44)/t21-,31-/m1/s1. The third kappa shape index (κ3) is 9.11. The van der Waals surface area contributed by atoms with E-state index in [-0.39, 0.29) is 46.3 Å². The van der Waals surface area contributed by atoms with Crippen LogP contribution in [0, 0.1) is 11.2 Å². The molecule has 0 aliphatic heterocycles. The van der Waals surface area contributed by atoms with Crippen LogP contribution in [-0.2, 0) is 27.8 Å². The minimum Gasteiger partial charge on any atom is -0.495 e. The summed E-state index contributed by atoms with van der Waals surface area (Å²) in [4.78, 5) is 44.2. The van der Waals surface area contributed by atoms with Crippen molar-refractivity contribution in [2.75, 3.05) is 23.6 Å². The highest BCUT2D eigenvalue weighted by Gasteiger charge is 2.32. The number of amides is 2. The first-order valence-electron chi connectivity index (χ1n) is 16.0. The molecule has 0 bridgehead atoms. The number of carbonyl (C=O) groups is 3. The van der Waals surface area contributed by atoms with Gasteiger partial charge in [-0.2, -0.15) is 4.98 Å². The molecular formula is C36H37FN6O8S2. The second-order valence-electron chi connectivity index (χ2n) is 13.1. The Morgan fingerprint density at radius 2 is 1.62 bits per heavy atom. The molecule has 14 nitrogen and oxygen atoms in total. The van der Waals surface area contributed by atoms with Gasteiger partial charge in [-0.05, 0) is 72.0 Å². The van der Waals surface area contributed by atoms with E-state index in [1.807, 2.05) is 0 Å². The summed E-state index contributed by atoms with van der Waals surface area (Å²) in [6.45, 7) is 6.98. The second kappa shape index (κ2) is 15.6. The summed E-state index contributed by atoms with van der Waals surface area (Å²) >= 11 is 0.105. The number of sulfone groups is 1. The number of methoxy groups -OCH3 is 1. The smallest absolute Gasteiger partial charge is 0.436 e. The summed E-state index contributed by atoms with van der Waals surface area (Å²) in [7, 11) is -2.34. The average Bonchev–Trinajstić information content (AvgIpc) is 3.53. The Kier molecular flexibility index (Phi) is 11.4. The van der Waals surface area contributed by atoms with E-state index in [0.717, 1.165) is 16.7 Å². The van der Waals surface area contributed by atoms with Crippen LogP contribution in [0.4, 0.5) is 26.5 Å². The molecule has 0 saturated carbocycles. The molecule has 2 amide bonds. The molecule has 0 saturated heterocycles. The summed E-state index contributed by atoms with van der Waals surface area (Å²) in [6.07, 6.45) is 1.61. The first kappa shape index (κ1) is 38.7.